The number of phenolic OH excluding ortho intramolecular Hbond substituents is 1. The Morgan fingerprint density at radius 3 is 2.41 bits per heavy atom. The predicted octanol–water partition coefficient (Wildman–Crippen LogP) is 2.01. The van der Waals surface area contributed by atoms with Crippen LogP contribution in [0.2, 0.25) is 0 Å². The van der Waals surface area contributed by atoms with Crippen molar-refractivity contribution < 1.29 is 23.1 Å². The molecule has 0 bridgehead atoms. The third-order valence-corrected chi connectivity index (χ3v) is 6.14. The van der Waals surface area contributed by atoms with Crippen molar-refractivity contribution in [2.75, 3.05) is 0 Å². The van der Waals surface area contributed by atoms with Crippen LogP contribution in [0.25, 0.3) is 0 Å². The van der Waals surface area contributed by atoms with E-state index in [1.807, 2.05) is 17.5 Å². The lowest BCUT2D eigenvalue weighted by atomic mass is 10.2. The van der Waals surface area contributed by atoms with E-state index < -0.39 is 21.8 Å². The van der Waals surface area contributed by atoms with E-state index in [0.717, 1.165) is 4.88 Å². The lowest BCUT2D eigenvalue weighted by molar-refractivity contribution is 0.0845. The maximum Gasteiger partial charge on any atom is 0.273 e. The molecule has 0 aliphatic carbocycles. The molecule has 1 heterocycles. The summed E-state index contributed by atoms with van der Waals surface area (Å²) in [5.74, 6) is -1.65. The molecule has 8 nitrogen and oxygen atoms in total. The topological polar surface area (TPSA) is 125 Å². The first-order valence-electron chi connectivity index (χ1n) is 8.37. The third kappa shape index (κ3) is 5.19. The van der Waals surface area contributed by atoms with Crippen molar-refractivity contribution in [1.29, 1.82) is 0 Å². The number of sulfonamides is 1. The zero-order valence-corrected chi connectivity index (χ0v) is 16.6. The largest absolute Gasteiger partial charge is 0.507 e. The number of carbonyl (C=O) groups excluding carboxylic acids is 2. The maximum absolute atomic E-state index is 12.5. The van der Waals surface area contributed by atoms with Crippen molar-refractivity contribution in [2.45, 2.75) is 11.4 Å². The molecule has 0 saturated heterocycles. The first kappa shape index (κ1) is 20.5. The molecule has 0 atom stereocenters. The Kier molecular flexibility index (Phi) is 6.27. The fourth-order valence-electron chi connectivity index (χ4n) is 2.39. The standard InChI is InChI=1S/C19H17N3O5S2/c23-17-9-2-1-8-16(17)19(25)22-21-18(24)13-5-3-7-15(11-13)29(26,27)20-12-14-6-4-10-28-14/h1-11,20,23H,12H2,(H,21,24)(H,22,25). The molecule has 1 aromatic heterocycles. The molecule has 0 unspecified atom stereocenters. The monoisotopic (exact) mass is 431 g/mol. The van der Waals surface area contributed by atoms with Crippen LogP contribution in [0.1, 0.15) is 25.6 Å². The van der Waals surface area contributed by atoms with Gasteiger partial charge in [-0.3, -0.25) is 20.4 Å². The number of benzene rings is 2. The number of phenols is 1. The summed E-state index contributed by atoms with van der Waals surface area (Å²) >= 11 is 1.43. The highest BCUT2D eigenvalue weighted by atomic mass is 32.2. The van der Waals surface area contributed by atoms with Gasteiger partial charge in [0.2, 0.25) is 10.0 Å². The Morgan fingerprint density at radius 2 is 1.69 bits per heavy atom. The highest BCUT2D eigenvalue weighted by Gasteiger charge is 2.17. The maximum atomic E-state index is 12.5. The van der Waals surface area contributed by atoms with Crippen LogP contribution in [-0.4, -0.2) is 25.3 Å². The average Bonchev–Trinajstić information content (AvgIpc) is 3.24. The molecular formula is C19H17N3O5S2. The van der Waals surface area contributed by atoms with E-state index in [1.165, 1.54) is 47.7 Å². The molecule has 2 aromatic carbocycles. The Morgan fingerprint density at radius 1 is 0.931 bits per heavy atom. The lowest BCUT2D eigenvalue weighted by Gasteiger charge is -2.10. The molecule has 3 rings (SSSR count). The zero-order valence-electron chi connectivity index (χ0n) is 15.0. The second kappa shape index (κ2) is 8.86. The molecule has 0 aliphatic heterocycles. The average molecular weight is 431 g/mol. The van der Waals surface area contributed by atoms with Gasteiger partial charge in [0.05, 0.1) is 10.5 Å². The summed E-state index contributed by atoms with van der Waals surface area (Å²) in [5.41, 5.74) is 4.40. The predicted molar refractivity (Wildman–Crippen MR) is 108 cm³/mol. The van der Waals surface area contributed by atoms with E-state index in [9.17, 15) is 23.1 Å². The first-order chi connectivity index (χ1) is 13.9. The van der Waals surface area contributed by atoms with Gasteiger partial charge in [0.25, 0.3) is 11.8 Å². The van der Waals surface area contributed by atoms with Crippen LogP contribution < -0.4 is 15.6 Å². The van der Waals surface area contributed by atoms with Crippen molar-refractivity contribution in [3.05, 3.63) is 82.0 Å². The minimum atomic E-state index is -3.82. The quantitative estimate of drug-likeness (QED) is 0.445. The first-order valence-corrected chi connectivity index (χ1v) is 10.7. The number of hydrazine groups is 1. The Balaban J connectivity index is 1.66. The molecule has 29 heavy (non-hydrogen) atoms. The number of thiophene rings is 1. The van der Waals surface area contributed by atoms with Crippen LogP contribution in [0.15, 0.2) is 70.9 Å². The molecule has 0 aliphatic rings. The van der Waals surface area contributed by atoms with Crippen LogP contribution in [-0.2, 0) is 16.6 Å². The van der Waals surface area contributed by atoms with Gasteiger partial charge in [-0.05, 0) is 41.8 Å². The number of hydrogen-bond donors (Lipinski definition) is 4. The van der Waals surface area contributed by atoms with Gasteiger partial charge in [-0.25, -0.2) is 13.1 Å². The van der Waals surface area contributed by atoms with Gasteiger partial charge < -0.3 is 5.11 Å². The molecular weight excluding hydrogens is 414 g/mol. The van der Waals surface area contributed by atoms with Crippen molar-refractivity contribution in [3.63, 3.8) is 0 Å². The van der Waals surface area contributed by atoms with Gasteiger partial charge in [-0.15, -0.1) is 11.3 Å². The Labute approximate surface area is 171 Å². The van der Waals surface area contributed by atoms with Gasteiger partial charge in [0.1, 0.15) is 5.75 Å². The van der Waals surface area contributed by atoms with Crippen molar-refractivity contribution in [3.8, 4) is 5.75 Å². The van der Waals surface area contributed by atoms with E-state index in [2.05, 4.69) is 15.6 Å². The van der Waals surface area contributed by atoms with Gasteiger partial charge in [0.15, 0.2) is 0 Å². The highest BCUT2D eigenvalue weighted by Crippen LogP contribution is 2.15. The van der Waals surface area contributed by atoms with Crippen molar-refractivity contribution >= 4 is 33.2 Å². The van der Waals surface area contributed by atoms with Crippen molar-refractivity contribution in [2.24, 2.45) is 0 Å². The lowest BCUT2D eigenvalue weighted by Crippen LogP contribution is -2.41. The van der Waals surface area contributed by atoms with E-state index in [0.29, 0.717) is 0 Å². The molecule has 0 saturated carbocycles. The number of hydrogen-bond acceptors (Lipinski definition) is 6. The van der Waals surface area contributed by atoms with Gasteiger partial charge in [-0.2, -0.15) is 0 Å². The summed E-state index contributed by atoms with van der Waals surface area (Å²) in [7, 11) is -3.82. The number of aromatic hydroxyl groups is 1. The number of rotatable bonds is 6. The normalized spacial score (nSPS) is 11.0. The minimum Gasteiger partial charge on any atom is -0.507 e. The fourth-order valence-corrected chi connectivity index (χ4v) is 4.17. The summed E-state index contributed by atoms with van der Waals surface area (Å²) in [4.78, 5) is 25.1. The molecule has 3 aromatic rings. The van der Waals surface area contributed by atoms with E-state index in [1.54, 1.807) is 12.1 Å². The summed E-state index contributed by atoms with van der Waals surface area (Å²) in [6.07, 6.45) is 0. The Bertz CT molecular complexity index is 1130. The smallest absolute Gasteiger partial charge is 0.273 e. The molecule has 10 heteroatoms. The van der Waals surface area contributed by atoms with E-state index in [-0.39, 0.29) is 28.3 Å². The second-order valence-corrected chi connectivity index (χ2v) is 8.66. The molecule has 0 spiro atoms. The molecule has 150 valence electrons. The van der Waals surface area contributed by atoms with Gasteiger partial charge in [-0.1, -0.05) is 24.3 Å². The zero-order chi connectivity index (χ0) is 20.9. The van der Waals surface area contributed by atoms with Crippen LogP contribution >= 0.6 is 11.3 Å². The van der Waals surface area contributed by atoms with E-state index in [4.69, 9.17) is 0 Å². The van der Waals surface area contributed by atoms with Crippen LogP contribution in [0.3, 0.4) is 0 Å². The summed E-state index contributed by atoms with van der Waals surface area (Å²) in [6.45, 7) is 0.146. The molecule has 0 fully saturated rings. The third-order valence-electron chi connectivity index (χ3n) is 3.86. The van der Waals surface area contributed by atoms with Gasteiger partial charge >= 0.3 is 0 Å². The Hall–Kier alpha value is -3.21. The summed E-state index contributed by atoms with van der Waals surface area (Å²) in [6, 6.07) is 14.9. The SMILES string of the molecule is O=C(NNC(=O)c1ccccc1O)c1cccc(S(=O)(=O)NCc2cccs2)c1. The van der Waals surface area contributed by atoms with Crippen LogP contribution in [0.5, 0.6) is 5.75 Å². The van der Waals surface area contributed by atoms with Crippen molar-refractivity contribution in [1.82, 2.24) is 15.6 Å². The molecule has 4 N–H and O–H groups in total. The highest BCUT2D eigenvalue weighted by molar-refractivity contribution is 7.89. The summed E-state index contributed by atoms with van der Waals surface area (Å²) in [5, 5.41) is 11.5. The summed E-state index contributed by atoms with van der Waals surface area (Å²) < 4.78 is 27.4. The number of carbonyl (C=O) groups is 2. The number of para-hydroxylation sites is 1. The number of nitrogens with one attached hydrogen (secondary N) is 3. The molecule has 2 amide bonds. The second-order valence-electron chi connectivity index (χ2n) is 5.86. The number of amides is 2. The van der Waals surface area contributed by atoms with Gasteiger partial charge in [0, 0.05) is 17.0 Å². The molecule has 0 radical (unpaired) electrons. The minimum absolute atomic E-state index is 0.0121. The van der Waals surface area contributed by atoms with Crippen LogP contribution in [0, 0.1) is 0 Å². The van der Waals surface area contributed by atoms with E-state index >= 15 is 0 Å². The fraction of sp³-hybridized carbons (Fsp3) is 0.0526. The van der Waals surface area contributed by atoms with Crippen LogP contribution in [0.4, 0.5) is 0 Å².